The second-order valence-electron chi connectivity index (χ2n) is 4.03. The minimum Gasteiger partial charge on any atom is -0.464 e. The van der Waals surface area contributed by atoms with Crippen molar-refractivity contribution in [2.24, 2.45) is 0 Å². The molecule has 9 heteroatoms. The van der Waals surface area contributed by atoms with Crippen molar-refractivity contribution in [2.45, 2.75) is 6.54 Å². The lowest BCUT2D eigenvalue weighted by Gasteiger charge is -2.13. The van der Waals surface area contributed by atoms with Crippen LogP contribution in [0.1, 0.15) is 16.2 Å². The molecule has 0 aromatic carbocycles. The minimum absolute atomic E-state index is 0.0258. The Morgan fingerprint density at radius 1 is 1.50 bits per heavy atom. The van der Waals surface area contributed by atoms with Gasteiger partial charge in [-0.1, -0.05) is 23.2 Å². The van der Waals surface area contributed by atoms with Crippen LogP contribution in [-0.2, 0) is 11.3 Å². The zero-order valence-corrected chi connectivity index (χ0v) is 14.3. The summed E-state index contributed by atoms with van der Waals surface area (Å²) >= 11 is 14.8. The Morgan fingerprint density at radius 2 is 2.23 bits per heavy atom. The third-order valence-corrected chi connectivity index (χ3v) is 4.05. The van der Waals surface area contributed by atoms with E-state index in [1.165, 1.54) is 7.11 Å². The van der Waals surface area contributed by atoms with Crippen LogP contribution < -0.4 is 5.32 Å². The molecule has 2 aromatic heterocycles. The molecule has 0 aliphatic heterocycles. The van der Waals surface area contributed by atoms with Crippen LogP contribution in [0.25, 0.3) is 0 Å². The van der Waals surface area contributed by atoms with Crippen LogP contribution in [-0.4, -0.2) is 23.0 Å². The number of methoxy groups -OCH3 is 1. The lowest BCUT2D eigenvalue weighted by Crippen LogP contribution is -2.11. The number of halogens is 4. The van der Waals surface area contributed by atoms with E-state index >= 15 is 0 Å². The van der Waals surface area contributed by atoms with Gasteiger partial charge >= 0.3 is 5.97 Å². The molecule has 0 spiro atoms. The molecule has 0 aliphatic carbocycles. The Hall–Kier alpha value is -1.44. The lowest BCUT2D eigenvalue weighted by molar-refractivity contribution is 0.0593. The predicted molar refractivity (Wildman–Crippen MR) is 84.8 cm³/mol. The fourth-order valence-corrected chi connectivity index (χ4v) is 2.55. The van der Waals surface area contributed by atoms with Crippen molar-refractivity contribution in [3.63, 3.8) is 0 Å². The second-order valence-corrected chi connectivity index (χ2v) is 5.59. The molecular formula is C13H9BrCl2FN3O2. The van der Waals surface area contributed by atoms with Gasteiger partial charge in [0.25, 0.3) is 0 Å². The van der Waals surface area contributed by atoms with Crippen molar-refractivity contribution in [2.75, 3.05) is 12.4 Å². The van der Waals surface area contributed by atoms with Crippen LogP contribution in [0.3, 0.4) is 0 Å². The monoisotopic (exact) mass is 407 g/mol. The molecule has 22 heavy (non-hydrogen) atoms. The molecule has 116 valence electrons. The van der Waals surface area contributed by atoms with Crippen LogP contribution in [0.4, 0.5) is 10.1 Å². The smallest absolute Gasteiger partial charge is 0.357 e. The van der Waals surface area contributed by atoms with Crippen LogP contribution in [0, 0.1) is 5.82 Å². The van der Waals surface area contributed by atoms with Crippen molar-refractivity contribution in [1.29, 1.82) is 0 Å². The Balaban J connectivity index is 2.36. The highest BCUT2D eigenvalue weighted by Crippen LogP contribution is 2.33. The summed E-state index contributed by atoms with van der Waals surface area (Å²) in [6, 6.07) is 3.34. The van der Waals surface area contributed by atoms with E-state index in [2.05, 4.69) is 36.0 Å². The molecule has 0 saturated carbocycles. The average Bonchev–Trinajstić information content (AvgIpc) is 2.51. The van der Waals surface area contributed by atoms with E-state index in [0.29, 0.717) is 10.7 Å². The maximum Gasteiger partial charge on any atom is 0.357 e. The summed E-state index contributed by atoms with van der Waals surface area (Å²) in [4.78, 5) is 19.4. The molecular weight excluding hydrogens is 400 g/mol. The first-order valence-corrected chi connectivity index (χ1v) is 7.46. The van der Waals surface area contributed by atoms with Gasteiger partial charge in [0.15, 0.2) is 16.7 Å². The maximum atomic E-state index is 14.1. The highest BCUT2D eigenvalue weighted by Gasteiger charge is 2.22. The Labute approximate surface area is 143 Å². The topological polar surface area (TPSA) is 64.1 Å². The molecule has 0 fully saturated rings. The summed E-state index contributed by atoms with van der Waals surface area (Å²) in [5.74, 6) is -1.54. The number of aromatic nitrogens is 2. The van der Waals surface area contributed by atoms with E-state index in [4.69, 9.17) is 23.2 Å². The molecule has 0 saturated heterocycles. The van der Waals surface area contributed by atoms with E-state index < -0.39 is 16.9 Å². The van der Waals surface area contributed by atoms with E-state index in [9.17, 15) is 9.18 Å². The van der Waals surface area contributed by atoms with Gasteiger partial charge in [0.2, 0.25) is 0 Å². The zero-order valence-electron chi connectivity index (χ0n) is 11.2. The van der Waals surface area contributed by atoms with Gasteiger partial charge in [0, 0.05) is 6.20 Å². The van der Waals surface area contributed by atoms with E-state index in [1.807, 2.05) is 0 Å². The first-order chi connectivity index (χ1) is 10.5. The van der Waals surface area contributed by atoms with Gasteiger partial charge in [-0.15, -0.1) is 0 Å². The molecule has 0 amide bonds. The number of hydrogen-bond donors (Lipinski definition) is 1. The van der Waals surface area contributed by atoms with Gasteiger partial charge in [-0.2, -0.15) is 0 Å². The summed E-state index contributed by atoms with van der Waals surface area (Å²) in [7, 11) is 1.19. The van der Waals surface area contributed by atoms with Crippen LogP contribution in [0.15, 0.2) is 22.8 Å². The Bertz CT molecular complexity index is 731. The predicted octanol–water partition coefficient (Wildman–Crippen LogP) is 4.08. The number of carbonyl (C=O) groups is 1. The number of ether oxygens (including phenoxy) is 1. The molecule has 0 bridgehead atoms. The van der Waals surface area contributed by atoms with Crippen LogP contribution in [0.5, 0.6) is 0 Å². The Morgan fingerprint density at radius 3 is 2.86 bits per heavy atom. The normalized spacial score (nSPS) is 10.4. The number of hydrogen-bond acceptors (Lipinski definition) is 5. The second kappa shape index (κ2) is 7.21. The summed E-state index contributed by atoms with van der Waals surface area (Å²) in [5.41, 5.74) is 0.355. The molecule has 5 nitrogen and oxygen atoms in total. The number of pyridine rings is 2. The van der Waals surface area contributed by atoms with Gasteiger partial charge in [0.1, 0.15) is 0 Å². The largest absolute Gasteiger partial charge is 0.464 e. The fraction of sp³-hybridized carbons (Fsp3) is 0.154. The number of nitrogens with one attached hydrogen (secondary N) is 1. The van der Waals surface area contributed by atoms with E-state index in [-0.39, 0.29) is 22.4 Å². The molecule has 0 unspecified atom stereocenters. The van der Waals surface area contributed by atoms with Gasteiger partial charge in [-0.25, -0.2) is 14.2 Å². The Kier molecular flexibility index (Phi) is 5.55. The number of nitrogens with zero attached hydrogens (tertiary/aromatic N) is 2. The third-order valence-electron chi connectivity index (χ3n) is 2.68. The minimum atomic E-state index is -0.798. The number of carbonyl (C=O) groups excluding carboxylic acids is 1. The lowest BCUT2D eigenvalue weighted by atomic mass is 10.3. The first-order valence-electron chi connectivity index (χ1n) is 5.91. The zero-order chi connectivity index (χ0) is 16.3. The molecule has 2 rings (SSSR count). The van der Waals surface area contributed by atoms with Gasteiger partial charge < -0.3 is 10.1 Å². The molecule has 1 N–H and O–H groups in total. The highest BCUT2D eigenvalue weighted by atomic mass is 79.9. The van der Waals surface area contributed by atoms with Crippen molar-refractivity contribution in [3.05, 3.63) is 50.2 Å². The van der Waals surface area contributed by atoms with Crippen LogP contribution in [0.2, 0.25) is 10.2 Å². The third kappa shape index (κ3) is 3.48. The number of esters is 1. The molecule has 0 aliphatic rings. The summed E-state index contributed by atoms with van der Waals surface area (Å²) in [6.07, 6.45) is 1.56. The van der Waals surface area contributed by atoms with Crippen molar-refractivity contribution >= 4 is 50.8 Å². The maximum absolute atomic E-state index is 14.1. The highest BCUT2D eigenvalue weighted by molar-refractivity contribution is 9.10. The van der Waals surface area contributed by atoms with E-state index in [0.717, 1.165) is 0 Å². The van der Waals surface area contributed by atoms with Crippen molar-refractivity contribution in [3.8, 4) is 0 Å². The molecule has 0 atom stereocenters. The standard InChI is InChI=1S/C13H9BrCl2FN3O2/c1-22-13(21)11-8(14)10(9(17)12(16)20-11)19-5-7-6(15)3-2-4-18-7/h2-4H,5H2,1H3,(H,19,20). The van der Waals surface area contributed by atoms with Gasteiger partial charge in [-0.3, -0.25) is 4.98 Å². The van der Waals surface area contributed by atoms with Gasteiger partial charge in [-0.05, 0) is 28.1 Å². The number of anilines is 1. The quantitative estimate of drug-likeness (QED) is 0.609. The first kappa shape index (κ1) is 16.9. The summed E-state index contributed by atoms with van der Waals surface area (Å²) in [6.45, 7) is 0.135. The van der Waals surface area contributed by atoms with Crippen LogP contribution >= 0.6 is 39.1 Å². The molecule has 2 aromatic rings. The molecule has 2 heterocycles. The van der Waals surface area contributed by atoms with Crippen molar-refractivity contribution in [1.82, 2.24) is 9.97 Å². The molecule has 0 radical (unpaired) electrons. The summed E-state index contributed by atoms with van der Waals surface area (Å²) in [5, 5.41) is 2.78. The van der Waals surface area contributed by atoms with E-state index in [1.54, 1.807) is 18.3 Å². The fourth-order valence-electron chi connectivity index (χ4n) is 1.62. The SMILES string of the molecule is COC(=O)c1nc(Cl)c(F)c(NCc2ncccc2Cl)c1Br. The number of rotatable bonds is 4. The van der Waals surface area contributed by atoms with Crippen molar-refractivity contribution < 1.29 is 13.9 Å². The average molecular weight is 409 g/mol. The summed E-state index contributed by atoms with van der Waals surface area (Å²) < 4.78 is 18.8. The van der Waals surface area contributed by atoms with Gasteiger partial charge in [0.05, 0.1) is 34.5 Å².